The molecule has 3 rings (SSSR count). The zero-order valence-corrected chi connectivity index (χ0v) is 14.2. The largest absolute Gasteiger partial charge is 0.465 e. The van der Waals surface area contributed by atoms with E-state index in [0.717, 1.165) is 44.9 Å². The second-order valence-corrected chi connectivity index (χ2v) is 8.96. The summed E-state index contributed by atoms with van der Waals surface area (Å²) in [7, 11) is -3.37. The topological polar surface area (TPSA) is 63.7 Å². The molecule has 0 aromatic carbocycles. The normalized spacial score (nSPS) is 33.2. The van der Waals surface area contributed by atoms with Gasteiger partial charge in [0, 0.05) is 6.04 Å². The second kappa shape index (κ2) is 6.48. The molecule has 0 aromatic heterocycles. The van der Waals surface area contributed by atoms with Crippen molar-refractivity contribution in [1.29, 1.82) is 0 Å². The van der Waals surface area contributed by atoms with Crippen molar-refractivity contribution in [3.8, 4) is 0 Å². The van der Waals surface area contributed by atoms with Crippen LogP contribution in [0, 0.1) is 11.8 Å². The molecule has 2 aliphatic carbocycles. The molecule has 3 atom stereocenters. The zero-order chi connectivity index (χ0) is 15.7. The van der Waals surface area contributed by atoms with E-state index < -0.39 is 16.1 Å². The van der Waals surface area contributed by atoms with Crippen LogP contribution in [0.15, 0.2) is 0 Å². The van der Waals surface area contributed by atoms with Crippen molar-refractivity contribution < 1.29 is 17.9 Å². The maximum atomic E-state index is 12.9. The summed E-state index contributed by atoms with van der Waals surface area (Å²) in [6.07, 6.45) is 8.16. The number of carbonyl (C=O) groups excluding carboxylic acids is 1. The zero-order valence-electron chi connectivity index (χ0n) is 13.4. The van der Waals surface area contributed by atoms with Crippen molar-refractivity contribution in [3.63, 3.8) is 0 Å². The summed E-state index contributed by atoms with van der Waals surface area (Å²) in [5.74, 6) is 0.291. The first kappa shape index (κ1) is 16.2. The van der Waals surface area contributed by atoms with Gasteiger partial charge >= 0.3 is 5.97 Å². The maximum absolute atomic E-state index is 12.9. The van der Waals surface area contributed by atoms with Gasteiger partial charge in [-0.2, -0.15) is 4.31 Å². The molecular formula is C16H27NO4S. The van der Waals surface area contributed by atoms with Gasteiger partial charge in [0.15, 0.2) is 0 Å². The summed E-state index contributed by atoms with van der Waals surface area (Å²) in [5, 5.41) is 0. The van der Waals surface area contributed by atoms with Gasteiger partial charge in [-0.1, -0.05) is 19.3 Å². The van der Waals surface area contributed by atoms with Crippen molar-refractivity contribution in [2.45, 2.75) is 70.4 Å². The lowest BCUT2D eigenvalue weighted by Crippen LogP contribution is -2.51. The Morgan fingerprint density at radius 3 is 2.55 bits per heavy atom. The molecule has 3 unspecified atom stereocenters. The van der Waals surface area contributed by atoms with E-state index in [0.29, 0.717) is 6.61 Å². The number of nitrogens with zero attached hydrogens (tertiary/aromatic N) is 1. The summed E-state index contributed by atoms with van der Waals surface area (Å²) < 4.78 is 32.5. The Balaban J connectivity index is 1.76. The third kappa shape index (κ3) is 3.04. The van der Waals surface area contributed by atoms with Gasteiger partial charge < -0.3 is 4.74 Å². The molecule has 0 N–H and O–H groups in total. The molecule has 3 fully saturated rings. The second-order valence-electron chi connectivity index (χ2n) is 7.04. The average Bonchev–Trinajstić information content (AvgIpc) is 3.09. The van der Waals surface area contributed by atoms with Gasteiger partial charge in [0.05, 0.1) is 12.4 Å². The fourth-order valence-corrected chi connectivity index (χ4v) is 6.96. The first-order chi connectivity index (χ1) is 10.5. The van der Waals surface area contributed by atoms with Gasteiger partial charge in [-0.15, -0.1) is 0 Å². The monoisotopic (exact) mass is 329 g/mol. The highest BCUT2D eigenvalue weighted by Gasteiger charge is 2.54. The van der Waals surface area contributed by atoms with Crippen molar-refractivity contribution in [1.82, 2.24) is 4.31 Å². The highest BCUT2D eigenvalue weighted by molar-refractivity contribution is 7.89. The van der Waals surface area contributed by atoms with Crippen LogP contribution < -0.4 is 0 Å². The van der Waals surface area contributed by atoms with E-state index >= 15 is 0 Å². The molecule has 1 heterocycles. The number of rotatable bonds is 5. The lowest BCUT2D eigenvalue weighted by atomic mass is 9.91. The Hall–Kier alpha value is -0.620. The van der Waals surface area contributed by atoms with E-state index in [1.165, 1.54) is 10.7 Å². The number of hydrogen-bond acceptors (Lipinski definition) is 4. The first-order valence-corrected chi connectivity index (χ1v) is 10.3. The summed E-state index contributed by atoms with van der Waals surface area (Å²) >= 11 is 0. The minimum absolute atomic E-state index is 0.0213. The standard InChI is InChI=1S/C16H27NO4S/c1-2-21-16(18)15-13-8-9-14(10-13)17(15)22(19,20)11-12-6-4-3-5-7-12/h12-15H,2-11H2,1H3. The number of fused-ring (bicyclic) bond motifs is 2. The van der Waals surface area contributed by atoms with Crippen LogP contribution >= 0.6 is 0 Å². The number of ether oxygens (including phenoxy) is 1. The Labute approximate surface area is 133 Å². The Morgan fingerprint density at radius 2 is 1.86 bits per heavy atom. The van der Waals surface area contributed by atoms with Crippen LogP contribution in [-0.4, -0.2) is 43.1 Å². The van der Waals surface area contributed by atoms with E-state index in [4.69, 9.17) is 4.74 Å². The summed E-state index contributed by atoms with van der Waals surface area (Å²) in [4.78, 5) is 12.3. The molecule has 1 aliphatic heterocycles. The van der Waals surface area contributed by atoms with E-state index in [-0.39, 0.29) is 29.6 Å². The Kier molecular flexibility index (Phi) is 4.78. The number of carbonyl (C=O) groups is 1. The molecule has 0 radical (unpaired) electrons. The third-order valence-electron chi connectivity index (χ3n) is 5.55. The Morgan fingerprint density at radius 1 is 1.14 bits per heavy atom. The van der Waals surface area contributed by atoms with Gasteiger partial charge in [0.1, 0.15) is 6.04 Å². The van der Waals surface area contributed by atoms with E-state index in [2.05, 4.69) is 0 Å². The molecule has 0 amide bonds. The summed E-state index contributed by atoms with van der Waals surface area (Å²) in [6.45, 7) is 2.08. The number of hydrogen-bond donors (Lipinski definition) is 0. The smallest absolute Gasteiger partial charge is 0.324 e. The van der Waals surface area contributed by atoms with Gasteiger partial charge in [-0.05, 0) is 50.9 Å². The van der Waals surface area contributed by atoms with Crippen LogP contribution in [0.25, 0.3) is 0 Å². The van der Waals surface area contributed by atoms with Crippen LogP contribution in [0.4, 0.5) is 0 Å². The van der Waals surface area contributed by atoms with Crippen LogP contribution in [-0.2, 0) is 19.6 Å². The molecule has 2 saturated carbocycles. The Bertz CT molecular complexity index is 512. The average molecular weight is 329 g/mol. The van der Waals surface area contributed by atoms with E-state index in [1.54, 1.807) is 6.92 Å². The van der Waals surface area contributed by atoms with Gasteiger partial charge in [0.2, 0.25) is 10.0 Å². The van der Waals surface area contributed by atoms with E-state index in [1.807, 2.05) is 0 Å². The SMILES string of the molecule is CCOC(=O)C1C2CCC(C2)N1S(=O)(=O)CC1CCCCC1. The fraction of sp³-hybridized carbons (Fsp3) is 0.938. The molecular weight excluding hydrogens is 302 g/mol. The predicted octanol–water partition coefficient (Wildman–Crippen LogP) is 2.31. The molecule has 3 aliphatic rings. The number of esters is 1. The molecule has 6 heteroatoms. The van der Waals surface area contributed by atoms with E-state index in [9.17, 15) is 13.2 Å². The third-order valence-corrected chi connectivity index (χ3v) is 7.61. The summed E-state index contributed by atoms with van der Waals surface area (Å²) in [6, 6.07) is -0.541. The predicted molar refractivity (Wildman–Crippen MR) is 83.8 cm³/mol. The lowest BCUT2D eigenvalue weighted by Gasteiger charge is -2.34. The van der Waals surface area contributed by atoms with Crippen molar-refractivity contribution in [2.75, 3.05) is 12.4 Å². The van der Waals surface area contributed by atoms with Crippen LogP contribution in [0.5, 0.6) is 0 Å². The lowest BCUT2D eigenvalue weighted by molar-refractivity contribution is -0.149. The maximum Gasteiger partial charge on any atom is 0.324 e. The number of piperidine rings is 1. The van der Waals surface area contributed by atoms with Gasteiger partial charge in [-0.3, -0.25) is 4.79 Å². The number of sulfonamides is 1. The van der Waals surface area contributed by atoms with Gasteiger partial charge in [-0.25, -0.2) is 8.42 Å². The quantitative estimate of drug-likeness (QED) is 0.726. The highest BCUT2D eigenvalue weighted by Crippen LogP contribution is 2.45. The fourth-order valence-electron chi connectivity index (χ4n) is 4.61. The molecule has 0 spiro atoms. The van der Waals surface area contributed by atoms with Crippen molar-refractivity contribution in [2.24, 2.45) is 11.8 Å². The molecule has 1 saturated heterocycles. The molecule has 22 heavy (non-hydrogen) atoms. The van der Waals surface area contributed by atoms with Crippen LogP contribution in [0.3, 0.4) is 0 Å². The van der Waals surface area contributed by atoms with Crippen LogP contribution in [0.2, 0.25) is 0 Å². The minimum Gasteiger partial charge on any atom is -0.465 e. The van der Waals surface area contributed by atoms with Crippen molar-refractivity contribution in [3.05, 3.63) is 0 Å². The molecule has 126 valence electrons. The summed E-state index contributed by atoms with van der Waals surface area (Å²) in [5.41, 5.74) is 0. The molecule has 0 aromatic rings. The molecule has 5 nitrogen and oxygen atoms in total. The first-order valence-electron chi connectivity index (χ1n) is 8.70. The van der Waals surface area contributed by atoms with Crippen molar-refractivity contribution >= 4 is 16.0 Å². The van der Waals surface area contributed by atoms with Gasteiger partial charge in [0.25, 0.3) is 0 Å². The highest BCUT2D eigenvalue weighted by atomic mass is 32.2. The molecule has 2 bridgehead atoms. The minimum atomic E-state index is -3.37. The van der Waals surface area contributed by atoms with Crippen LogP contribution in [0.1, 0.15) is 58.3 Å².